The second kappa shape index (κ2) is 10.6. The summed E-state index contributed by atoms with van der Waals surface area (Å²) in [6.45, 7) is 3.42. The van der Waals surface area contributed by atoms with E-state index < -0.39 is 10.0 Å². The summed E-state index contributed by atoms with van der Waals surface area (Å²) >= 11 is 0. The van der Waals surface area contributed by atoms with Gasteiger partial charge in [0.2, 0.25) is 10.0 Å². The second-order valence-corrected chi connectivity index (χ2v) is 9.52. The van der Waals surface area contributed by atoms with Gasteiger partial charge in [-0.3, -0.25) is 4.79 Å². The zero-order valence-electron chi connectivity index (χ0n) is 18.1. The van der Waals surface area contributed by atoms with Gasteiger partial charge in [0.15, 0.2) is 0 Å². The third-order valence-corrected chi connectivity index (χ3v) is 7.25. The molecule has 0 atom stereocenters. The SMILES string of the molecule is COc1cccc(OCCNC(=O)c2cc(S(=O)(=O)N3CCCCCC3)ccc2C)c1. The Morgan fingerprint density at radius 1 is 1.03 bits per heavy atom. The lowest BCUT2D eigenvalue weighted by Crippen LogP contribution is -2.32. The van der Waals surface area contributed by atoms with E-state index in [0.29, 0.717) is 36.7 Å². The van der Waals surface area contributed by atoms with E-state index in [-0.39, 0.29) is 17.4 Å². The molecule has 2 aromatic carbocycles. The summed E-state index contributed by atoms with van der Waals surface area (Å²) in [4.78, 5) is 12.9. The Morgan fingerprint density at radius 3 is 2.45 bits per heavy atom. The molecule has 1 heterocycles. The molecule has 0 spiro atoms. The number of nitrogens with one attached hydrogen (secondary N) is 1. The fourth-order valence-corrected chi connectivity index (χ4v) is 5.10. The molecule has 0 unspecified atom stereocenters. The largest absolute Gasteiger partial charge is 0.497 e. The quantitative estimate of drug-likeness (QED) is 0.629. The first kappa shape index (κ1) is 23.1. The van der Waals surface area contributed by atoms with Crippen LogP contribution in [0.5, 0.6) is 11.5 Å². The number of nitrogens with zero attached hydrogens (tertiary/aromatic N) is 1. The lowest BCUT2D eigenvalue weighted by atomic mass is 10.1. The van der Waals surface area contributed by atoms with Crippen molar-refractivity contribution in [1.29, 1.82) is 0 Å². The smallest absolute Gasteiger partial charge is 0.251 e. The van der Waals surface area contributed by atoms with Crippen molar-refractivity contribution in [3.8, 4) is 11.5 Å². The molecule has 2 aromatic rings. The molecule has 1 N–H and O–H groups in total. The van der Waals surface area contributed by atoms with Crippen LogP contribution >= 0.6 is 0 Å². The Kier molecular flexibility index (Phi) is 7.92. The van der Waals surface area contributed by atoms with E-state index in [0.717, 1.165) is 31.2 Å². The van der Waals surface area contributed by atoms with Crippen molar-refractivity contribution in [1.82, 2.24) is 9.62 Å². The normalized spacial score (nSPS) is 15.2. The average Bonchev–Trinajstić information content (AvgIpc) is 3.07. The summed E-state index contributed by atoms with van der Waals surface area (Å²) in [5.41, 5.74) is 1.08. The van der Waals surface area contributed by atoms with Gasteiger partial charge in [0.1, 0.15) is 18.1 Å². The van der Waals surface area contributed by atoms with Gasteiger partial charge in [-0.15, -0.1) is 0 Å². The summed E-state index contributed by atoms with van der Waals surface area (Å²) in [6, 6.07) is 12.0. The van der Waals surface area contributed by atoms with Crippen LogP contribution in [0, 0.1) is 6.92 Å². The monoisotopic (exact) mass is 446 g/mol. The van der Waals surface area contributed by atoms with Crippen molar-refractivity contribution in [2.75, 3.05) is 33.4 Å². The van der Waals surface area contributed by atoms with Crippen molar-refractivity contribution in [2.45, 2.75) is 37.5 Å². The molecule has 1 aliphatic rings. The third kappa shape index (κ3) is 5.98. The van der Waals surface area contributed by atoms with E-state index >= 15 is 0 Å². The zero-order chi connectivity index (χ0) is 22.3. The van der Waals surface area contributed by atoms with Crippen molar-refractivity contribution in [2.24, 2.45) is 0 Å². The lowest BCUT2D eigenvalue weighted by Gasteiger charge is -2.20. The minimum Gasteiger partial charge on any atom is -0.497 e. The molecule has 8 heteroatoms. The summed E-state index contributed by atoms with van der Waals surface area (Å²) < 4.78 is 38.4. The number of aryl methyl sites for hydroxylation is 1. The van der Waals surface area contributed by atoms with Gasteiger partial charge >= 0.3 is 0 Å². The number of carbonyl (C=O) groups is 1. The van der Waals surface area contributed by atoms with Gasteiger partial charge in [-0.2, -0.15) is 4.31 Å². The number of carbonyl (C=O) groups excluding carboxylic acids is 1. The van der Waals surface area contributed by atoms with Crippen molar-refractivity contribution >= 4 is 15.9 Å². The first-order valence-electron chi connectivity index (χ1n) is 10.6. The fourth-order valence-electron chi connectivity index (χ4n) is 3.56. The van der Waals surface area contributed by atoms with Gasteiger partial charge in [0, 0.05) is 24.7 Å². The maximum atomic E-state index is 13.1. The van der Waals surface area contributed by atoms with Gasteiger partial charge in [-0.1, -0.05) is 25.0 Å². The highest BCUT2D eigenvalue weighted by molar-refractivity contribution is 7.89. The highest BCUT2D eigenvalue weighted by Gasteiger charge is 2.26. The molecule has 1 aliphatic heterocycles. The van der Waals surface area contributed by atoms with E-state index in [4.69, 9.17) is 9.47 Å². The molecule has 1 fully saturated rings. The highest BCUT2D eigenvalue weighted by atomic mass is 32.2. The van der Waals surface area contributed by atoms with Crippen molar-refractivity contribution in [3.05, 3.63) is 53.6 Å². The standard InChI is InChI=1S/C23H30N2O5S/c1-18-10-11-21(31(27,28)25-13-5-3-4-6-14-25)17-22(18)23(26)24-12-15-30-20-9-7-8-19(16-20)29-2/h7-11,16-17H,3-6,12-15H2,1-2H3,(H,24,26). The Bertz CT molecular complexity index is 999. The molecular formula is C23H30N2O5S. The van der Waals surface area contributed by atoms with Gasteiger partial charge < -0.3 is 14.8 Å². The molecule has 3 rings (SSSR count). The molecular weight excluding hydrogens is 416 g/mol. The maximum absolute atomic E-state index is 13.1. The number of hydrogen-bond donors (Lipinski definition) is 1. The minimum atomic E-state index is -3.61. The minimum absolute atomic E-state index is 0.165. The number of ether oxygens (including phenoxy) is 2. The Labute approximate surface area is 184 Å². The molecule has 0 aromatic heterocycles. The molecule has 168 valence electrons. The molecule has 7 nitrogen and oxygen atoms in total. The molecule has 0 saturated carbocycles. The molecule has 1 saturated heterocycles. The molecule has 31 heavy (non-hydrogen) atoms. The van der Waals surface area contributed by atoms with E-state index in [1.165, 1.54) is 10.4 Å². The molecule has 0 aliphatic carbocycles. The van der Waals surface area contributed by atoms with Gasteiger partial charge in [0.25, 0.3) is 5.91 Å². The number of amides is 1. The van der Waals surface area contributed by atoms with Gasteiger partial charge in [-0.25, -0.2) is 8.42 Å². The first-order chi connectivity index (χ1) is 14.9. The van der Waals surface area contributed by atoms with Crippen LogP contribution in [0.15, 0.2) is 47.4 Å². The van der Waals surface area contributed by atoms with Gasteiger partial charge in [0.05, 0.1) is 18.6 Å². The molecule has 0 radical (unpaired) electrons. The van der Waals surface area contributed by atoms with Crippen LogP contribution in [0.4, 0.5) is 0 Å². The molecule has 1 amide bonds. The zero-order valence-corrected chi connectivity index (χ0v) is 18.9. The van der Waals surface area contributed by atoms with Crippen LogP contribution in [0.3, 0.4) is 0 Å². The maximum Gasteiger partial charge on any atom is 0.251 e. The number of sulfonamides is 1. The number of rotatable bonds is 8. The highest BCUT2D eigenvalue weighted by Crippen LogP contribution is 2.23. The number of methoxy groups -OCH3 is 1. The van der Waals surface area contributed by atoms with E-state index in [1.807, 2.05) is 18.2 Å². The number of benzene rings is 2. The second-order valence-electron chi connectivity index (χ2n) is 7.58. The fraction of sp³-hybridized carbons (Fsp3) is 0.435. The van der Waals surface area contributed by atoms with Crippen LogP contribution in [-0.2, 0) is 10.0 Å². The average molecular weight is 447 g/mol. The molecule has 0 bridgehead atoms. The lowest BCUT2D eigenvalue weighted by molar-refractivity contribution is 0.0946. The predicted molar refractivity (Wildman–Crippen MR) is 119 cm³/mol. The van der Waals surface area contributed by atoms with E-state index in [2.05, 4.69) is 5.32 Å². The van der Waals surface area contributed by atoms with Crippen LogP contribution in [0.1, 0.15) is 41.6 Å². The Balaban J connectivity index is 1.63. The Hall–Kier alpha value is -2.58. The van der Waals surface area contributed by atoms with Crippen LogP contribution in [0.25, 0.3) is 0 Å². The topological polar surface area (TPSA) is 84.9 Å². The van der Waals surface area contributed by atoms with E-state index in [9.17, 15) is 13.2 Å². The summed E-state index contributed by atoms with van der Waals surface area (Å²) in [5, 5.41) is 2.80. The van der Waals surface area contributed by atoms with Crippen LogP contribution in [0.2, 0.25) is 0 Å². The van der Waals surface area contributed by atoms with E-state index in [1.54, 1.807) is 32.2 Å². The third-order valence-electron chi connectivity index (χ3n) is 5.35. The summed E-state index contributed by atoms with van der Waals surface area (Å²) in [7, 11) is -2.02. The predicted octanol–water partition coefficient (Wildman–Crippen LogP) is 3.38. The number of hydrogen-bond acceptors (Lipinski definition) is 5. The van der Waals surface area contributed by atoms with Gasteiger partial charge in [-0.05, 0) is 49.6 Å². The summed E-state index contributed by atoms with van der Waals surface area (Å²) in [6.07, 6.45) is 3.83. The summed E-state index contributed by atoms with van der Waals surface area (Å²) in [5.74, 6) is 1.02. The van der Waals surface area contributed by atoms with Crippen molar-refractivity contribution in [3.63, 3.8) is 0 Å². The van der Waals surface area contributed by atoms with Crippen molar-refractivity contribution < 1.29 is 22.7 Å². The van der Waals surface area contributed by atoms with Crippen LogP contribution < -0.4 is 14.8 Å². The first-order valence-corrected chi connectivity index (χ1v) is 12.0. The van der Waals surface area contributed by atoms with Crippen LogP contribution in [-0.4, -0.2) is 52.0 Å². The Morgan fingerprint density at radius 2 is 1.74 bits per heavy atom.